The molecular weight excluding hydrogens is 304 g/mol. The predicted molar refractivity (Wildman–Crippen MR) is 92.4 cm³/mol. The normalized spacial score (nSPS) is 22.6. The van der Waals surface area contributed by atoms with Gasteiger partial charge in [-0.3, -0.25) is 14.5 Å². The van der Waals surface area contributed by atoms with Crippen molar-refractivity contribution in [2.45, 2.75) is 26.3 Å². The van der Waals surface area contributed by atoms with Crippen molar-refractivity contribution in [3.8, 4) is 0 Å². The number of aromatic nitrogens is 1. The van der Waals surface area contributed by atoms with Crippen LogP contribution in [0.4, 0.5) is 0 Å². The number of likely N-dealkylation sites (tertiary alicyclic amines) is 1. The minimum absolute atomic E-state index is 0.00549. The summed E-state index contributed by atoms with van der Waals surface area (Å²) >= 11 is 0. The van der Waals surface area contributed by atoms with E-state index >= 15 is 0 Å². The lowest BCUT2D eigenvalue weighted by Crippen LogP contribution is -2.53. The number of nitrogens with zero attached hydrogens (tertiary/aromatic N) is 4. The van der Waals surface area contributed by atoms with E-state index in [1.165, 1.54) is 0 Å². The van der Waals surface area contributed by atoms with Crippen LogP contribution >= 0.6 is 0 Å². The van der Waals surface area contributed by atoms with Crippen LogP contribution in [0.1, 0.15) is 19.8 Å². The molecule has 0 aromatic carbocycles. The Bertz CT molecular complexity index is 549. The molecule has 1 aromatic heterocycles. The van der Waals surface area contributed by atoms with Crippen LogP contribution in [-0.2, 0) is 16.1 Å². The van der Waals surface area contributed by atoms with Gasteiger partial charge in [0.1, 0.15) is 0 Å². The maximum absolute atomic E-state index is 12.7. The average Bonchev–Trinajstić information content (AvgIpc) is 3.13. The van der Waals surface area contributed by atoms with Gasteiger partial charge in [0.2, 0.25) is 11.8 Å². The number of rotatable bonds is 4. The van der Waals surface area contributed by atoms with Gasteiger partial charge in [-0.15, -0.1) is 0 Å². The van der Waals surface area contributed by atoms with Crippen LogP contribution in [0.25, 0.3) is 0 Å². The molecule has 6 nitrogen and oxygen atoms in total. The highest BCUT2D eigenvalue weighted by Gasteiger charge is 2.31. The third-order valence-corrected chi connectivity index (χ3v) is 5.24. The number of carbonyl (C=O) groups is 2. The van der Waals surface area contributed by atoms with Gasteiger partial charge in [0.25, 0.3) is 0 Å². The molecule has 0 bridgehead atoms. The third kappa shape index (κ3) is 4.17. The summed E-state index contributed by atoms with van der Waals surface area (Å²) in [5.41, 5.74) is 0. The summed E-state index contributed by atoms with van der Waals surface area (Å²) in [6.45, 7) is 8.51. The van der Waals surface area contributed by atoms with Crippen LogP contribution in [0.3, 0.4) is 0 Å². The van der Waals surface area contributed by atoms with Crippen LogP contribution in [0.2, 0.25) is 0 Å². The van der Waals surface area contributed by atoms with Crippen LogP contribution < -0.4 is 0 Å². The molecule has 2 saturated heterocycles. The zero-order chi connectivity index (χ0) is 16.9. The summed E-state index contributed by atoms with van der Waals surface area (Å²) in [6.07, 6.45) is 6.02. The quantitative estimate of drug-likeness (QED) is 0.823. The van der Waals surface area contributed by atoms with Crippen molar-refractivity contribution in [3.63, 3.8) is 0 Å². The summed E-state index contributed by atoms with van der Waals surface area (Å²) < 4.78 is 2.19. The minimum Gasteiger partial charge on any atom is -0.353 e. The molecule has 3 heterocycles. The molecule has 1 atom stereocenters. The first-order chi connectivity index (χ1) is 11.6. The van der Waals surface area contributed by atoms with E-state index in [4.69, 9.17) is 0 Å². The molecule has 132 valence electrons. The molecule has 2 fully saturated rings. The van der Waals surface area contributed by atoms with Gasteiger partial charge in [-0.25, -0.2) is 0 Å². The minimum atomic E-state index is -0.00549. The molecule has 3 rings (SSSR count). The van der Waals surface area contributed by atoms with Gasteiger partial charge in [-0.05, 0) is 25.0 Å². The van der Waals surface area contributed by atoms with Gasteiger partial charge in [0, 0.05) is 71.7 Å². The molecule has 0 unspecified atom stereocenters. The Kier molecular flexibility index (Phi) is 5.56. The second-order valence-corrected chi connectivity index (χ2v) is 6.89. The third-order valence-electron chi connectivity index (χ3n) is 5.24. The largest absolute Gasteiger partial charge is 0.353 e. The molecule has 0 radical (unpaired) electrons. The van der Waals surface area contributed by atoms with Crippen molar-refractivity contribution in [2.24, 2.45) is 5.92 Å². The van der Waals surface area contributed by atoms with Crippen LogP contribution in [0, 0.1) is 5.92 Å². The Morgan fingerprint density at radius 1 is 0.958 bits per heavy atom. The Hall–Kier alpha value is -1.82. The number of amides is 2. The highest BCUT2D eigenvalue weighted by Crippen LogP contribution is 2.20. The highest BCUT2D eigenvalue weighted by molar-refractivity contribution is 5.81. The van der Waals surface area contributed by atoms with Crippen molar-refractivity contribution < 1.29 is 9.59 Å². The molecule has 24 heavy (non-hydrogen) atoms. The van der Waals surface area contributed by atoms with E-state index in [1.807, 2.05) is 21.9 Å². The first kappa shape index (κ1) is 17.0. The van der Waals surface area contributed by atoms with E-state index < -0.39 is 0 Å². The van der Waals surface area contributed by atoms with E-state index in [0.717, 1.165) is 58.7 Å². The molecule has 0 saturated carbocycles. The SMILES string of the molecule is CC(=O)N1CCC[C@@H](C(=O)N2CCN(CCn3cccc3)CC2)C1. The number of piperidine rings is 1. The molecule has 0 aliphatic carbocycles. The maximum Gasteiger partial charge on any atom is 0.227 e. The smallest absolute Gasteiger partial charge is 0.227 e. The lowest BCUT2D eigenvalue weighted by Gasteiger charge is -2.38. The van der Waals surface area contributed by atoms with E-state index in [9.17, 15) is 9.59 Å². The van der Waals surface area contributed by atoms with E-state index in [1.54, 1.807) is 6.92 Å². The lowest BCUT2D eigenvalue weighted by molar-refractivity contribution is -0.141. The van der Waals surface area contributed by atoms with E-state index in [-0.39, 0.29) is 17.7 Å². The number of carbonyl (C=O) groups excluding carboxylic acids is 2. The first-order valence-corrected chi connectivity index (χ1v) is 9.01. The maximum atomic E-state index is 12.7. The van der Waals surface area contributed by atoms with Crippen molar-refractivity contribution >= 4 is 11.8 Å². The van der Waals surface area contributed by atoms with Gasteiger partial charge in [0.05, 0.1) is 5.92 Å². The van der Waals surface area contributed by atoms with E-state index in [2.05, 4.69) is 21.9 Å². The molecule has 1 aromatic rings. The fourth-order valence-corrected chi connectivity index (χ4v) is 3.69. The summed E-state index contributed by atoms with van der Waals surface area (Å²) in [5, 5.41) is 0. The lowest BCUT2D eigenvalue weighted by atomic mass is 9.96. The fraction of sp³-hybridized carbons (Fsp3) is 0.667. The number of piperazine rings is 1. The van der Waals surface area contributed by atoms with Gasteiger partial charge in [-0.2, -0.15) is 0 Å². The monoisotopic (exact) mass is 332 g/mol. The molecule has 2 aliphatic heterocycles. The van der Waals surface area contributed by atoms with Crippen LogP contribution in [0.5, 0.6) is 0 Å². The molecule has 0 N–H and O–H groups in total. The van der Waals surface area contributed by atoms with Gasteiger partial charge in [-0.1, -0.05) is 0 Å². The molecule has 2 aliphatic rings. The second-order valence-electron chi connectivity index (χ2n) is 6.89. The van der Waals surface area contributed by atoms with Crippen LogP contribution in [0.15, 0.2) is 24.5 Å². The van der Waals surface area contributed by atoms with Gasteiger partial charge >= 0.3 is 0 Å². The fourth-order valence-electron chi connectivity index (χ4n) is 3.69. The molecule has 0 spiro atoms. The average molecular weight is 332 g/mol. The Morgan fingerprint density at radius 3 is 2.33 bits per heavy atom. The molecular formula is C18H28N4O2. The van der Waals surface area contributed by atoms with Crippen molar-refractivity contribution in [2.75, 3.05) is 45.8 Å². The van der Waals surface area contributed by atoms with E-state index in [0.29, 0.717) is 6.54 Å². The zero-order valence-electron chi connectivity index (χ0n) is 14.6. The Morgan fingerprint density at radius 2 is 1.67 bits per heavy atom. The van der Waals surface area contributed by atoms with Crippen molar-refractivity contribution in [3.05, 3.63) is 24.5 Å². The predicted octanol–water partition coefficient (Wildman–Crippen LogP) is 0.891. The summed E-state index contributed by atoms with van der Waals surface area (Å²) in [6, 6.07) is 4.09. The second kappa shape index (κ2) is 7.83. The summed E-state index contributed by atoms with van der Waals surface area (Å²) in [7, 11) is 0. The zero-order valence-corrected chi connectivity index (χ0v) is 14.6. The topological polar surface area (TPSA) is 48.8 Å². The highest BCUT2D eigenvalue weighted by atomic mass is 16.2. The van der Waals surface area contributed by atoms with Gasteiger partial charge in [0.15, 0.2) is 0 Å². The summed E-state index contributed by atoms with van der Waals surface area (Å²) in [4.78, 5) is 30.5. The summed E-state index contributed by atoms with van der Waals surface area (Å²) in [5.74, 6) is 0.322. The molecule has 2 amide bonds. The standard InChI is InChI=1S/C18H28N4O2/c1-16(23)22-8-4-5-17(15-22)18(24)21-13-11-20(12-14-21)10-9-19-6-2-3-7-19/h2-3,6-7,17H,4-5,8-15H2,1H3/t17-/m1/s1. The number of hydrogen-bond donors (Lipinski definition) is 0. The Labute approximate surface area is 144 Å². The number of hydrogen-bond acceptors (Lipinski definition) is 3. The first-order valence-electron chi connectivity index (χ1n) is 9.01. The molecule has 6 heteroatoms. The van der Waals surface area contributed by atoms with Crippen molar-refractivity contribution in [1.82, 2.24) is 19.3 Å². The Balaban J connectivity index is 1.44. The van der Waals surface area contributed by atoms with Crippen molar-refractivity contribution in [1.29, 1.82) is 0 Å². The van der Waals surface area contributed by atoms with Crippen LogP contribution in [-0.4, -0.2) is 76.9 Å². The van der Waals surface area contributed by atoms with Gasteiger partial charge < -0.3 is 14.4 Å².